The summed E-state index contributed by atoms with van der Waals surface area (Å²) < 4.78 is 0. The van der Waals surface area contributed by atoms with E-state index in [0.717, 1.165) is 11.8 Å². The van der Waals surface area contributed by atoms with Crippen molar-refractivity contribution in [3.8, 4) is 0 Å². The average Bonchev–Trinajstić information content (AvgIpc) is 2.02. The first-order valence-corrected chi connectivity index (χ1v) is 5.66. The second-order valence-corrected chi connectivity index (χ2v) is 5.99. The topological polar surface area (TPSA) is 0 Å². The highest BCUT2D eigenvalue weighted by Gasteiger charge is 2.40. The summed E-state index contributed by atoms with van der Waals surface area (Å²) in [6.07, 6.45) is 1.26. The van der Waals surface area contributed by atoms with E-state index in [4.69, 9.17) is 0 Å². The predicted molar refractivity (Wildman–Crippen MR) is 61.9 cm³/mol. The van der Waals surface area contributed by atoms with Crippen molar-refractivity contribution in [1.29, 1.82) is 0 Å². The third kappa shape index (κ3) is 2.48. The fourth-order valence-corrected chi connectivity index (χ4v) is 1.91. The molecule has 0 nitrogen and oxygen atoms in total. The van der Waals surface area contributed by atoms with Crippen LogP contribution in [0.25, 0.3) is 0 Å². The Hall–Kier alpha value is 0. The first-order chi connectivity index (χ1) is 5.66. The first kappa shape index (κ1) is 13.0. The summed E-state index contributed by atoms with van der Waals surface area (Å²) in [6.45, 7) is 19.0. The minimum Gasteiger partial charge on any atom is -0.0649 e. The van der Waals surface area contributed by atoms with Crippen molar-refractivity contribution >= 4 is 0 Å². The van der Waals surface area contributed by atoms with Crippen LogP contribution in [-0.4, -0.2) is 0 Å². The van der Waals surface area contributed by atoms with Crippen LogP contribution in [0.4, 0.5) is 0 Å². The molecule has 80 valence electrons. The zero-order valence-electron chi connectivity index (χ0n) is 10.9. The van der Waals surface area contributed by atoms with Gasteiger partial charge in [-0.15, -0.1) is 0 Å². The van der Waals surface area contributed by atoms with Crippen molar-refractivity contribution in [2.45, 2.75) is 61.8 Å². The molecule has 0 rings (SSSR count). The zero-order valence-corrected chi connectivity index (χ0v) is 10.9. The largest absolute Gasteiger partial charge is 0.0649 e. The second kappa shape index (κ2) is 4.02. The molecule has 0 amide bonds. The van der Waals surface area contributed by atoms with Crippen LogP contribution in [0, 0.1) is 22.7 Å². The molecule has 0 radical (unpaired) electrons. The lowest BCUT2D eigenvalue weighted by atomic mass is 9.58. The van der Waals surface area contributed by atoms with E-state index in [9.17, 15) is 0 Å². The van der Waals surface area contributed by atoms with Gasteiger partial charge >= 0.3 is 0 Å². The fourth-order valence-electron chi connectivity index (χ4n) is 1.91. The molecule has 0 aromatic rings. The molecular weight excluding hydrogens is 156 g/mol. The Morgan fingerprint density at radius 2 is 1.31 bits per heavy atom. The molecule has 0 aromatic heterocycles. The Morgan fingerprint density at radius 1 is 0.923 bits per heavy atom. The smallest absolute Gasteiger partial charge is 0.0275 e. The minimum atomic E-state index is 0.427. The van der Waals surface area contributed by atoms with E-state index >= 15 is 0 Å². The van der Waals surface area contributed by atoms with Gasteiger partial charge in [0, 0.05) is 0 Å². The van der Waals surface area contributed by atoms with E-state index < -0.39 is 0 Å². The summed E-state index contributed by atoms with van der Waals surface area (Å²) in [7, 11) is 0. The van der Waals surface area contributed by atoms with Crippen LogP contribution >= 0.6 is 0 Å². The third-order valence-corrected chi connectivity index (χ3v) is 4.77. The molecule has 0 heteroatoms. The van der Waals surface area contributed by atoms with Gasteiger partial charge in [-0.1, -0.05) is 61.8 Å². The summed E-state index contributed by atoms with van der Waals surface area (Å²) in [5.41, 5.74) is 0.868. The molecule has 0 aromatic carbocycles. The van der Waals surface area contributed by atoms with Crippen LogP contribution < -0.4 is 0 Å². The molecule has 1 atom stereocenters. The SMILES string of the molecule is CCC(C)(C)C(C)(C)C(C)C(C)C. The van der Waals surface area contributed by atoms with Gasteiger partial charge in [0.25, 0.3) is 0 Å². The minimum absolute atomic E-state index is 0.427. The summed E-state index contributed by atoms with van der Waals surface area (Å²) >= 11 is 0. The molecule has 1 unspecified atom stereocenters. The molecule has 0 N–H and O–H groups in total. The van der Waals surface area contributed by atoms with Gasteiger partial charge in [-0.2, -0.15) is 0 Å². The van der Waals surface area contributed by atoms with Gasteiger partial charge in [-0.25, -0.2) is 0 Å². The maximum absolute atomic E-state index is 2.42. The number of hydrogen-bond acceptors (Lipinski definition) is 0. The molecule has 0 bridgehead atoms. The summed E-state index contributed by atoms with van der Waals surface area (Å²) in [5.74, 6) is 1.56. The Morgan fingerprint density at radius 3 is 1.54 bits per heavy atom. The molecule has 0 saturated carbocycles. The molecular formula is C13H28. The maximum Gasteiger partial charge on any atom is -0.0275 e. The van der Waals surface area contributed by atoms with Crippen molar-refractivity contribution in [1.82, 2.24) is 0 Å². The Labute approximate surface area is 85.1 Å². The highest BCUT2D eigenvalue weighted by Crippen LogP contribution is 2.48. The Kier molecular flexibility index (Phi) is 4.02. The van der Waals surface area contributed by atoms with Crippen LogP contribution in [0.2, 0.25) is 0 Å². The van der Waals surface area contributed by atoms with Crippen LogP contribution in [-0.2, 0) is 0 Å². The van der Waals surface area contributed by atoms with Crippen molar-refractivity contribution in [2.75, 3.05) is 0 Å². The molecule has 13 heavy (non-hydrogen) atoms. The number of rotatable bonds is 4. The Bertz CT molecular complexity index is 151. The van der Waals surface area contributed by atoms with E-state index in [1.165, 1.54) is 6.42 Å². The van der Waals surface area contributed by atoms with Crippen molar-refractivity contribution in [3.63, 3.8) is 0 Å². The molecule has 0 heterocycles. The molecule has 0 aliphatic rings. The lowest BCUT2D eigenvalue weighted by Crippen LogP contribution is -2.39. The van der Waals surface area contributed by atoms with Crippen LogP contribution in [0.15, 0.2) is 0 Å². The van der Waals surface area contributed by atoms with E-state index in [-0.39, 0.29) is 0 Å². The predicted octanol–water partition coefficient (Wildman–Crippen LogP) is 4.74. The van der Waals surface area contributed by atoms with Crippen LogP contribution in [0.3, 0.4) is 0 Å². The maximum atomic E-state index is 2.42. The highest BCUT2D eigenvalue weighted by atomic mass is 14.5. The van der Waals surface area contributed by atoms with E-state index in [0.29, 0.717) is 10.8 Å². The van der Waals surface area contributed by atoms with Gasteiger partial charge in [0.05, 0.1) is 0 Å². The third-order valence-electron chi connectivity index (χ3n) is 4.77. The normalized spacial score (nSPS) is 16.4. The monoisotopic (exact) mass is 184 g/mol. The van der Waals surface area contributed by atoms with Gasteiger partial charge in [0.15, 0.2) is 0 Å². The van der Waals surface area contributed by atoms with Crippen molar-refractivity contribution < 1.29 is 0 Å². The quantitative estimate of drug-likeness (QED) is 0.592. The zero-order chi connectivity index (χ0) is 10.9. The van der Waals surface area contributed by atoms with Gasteiger partial charge in [0.1, 0.15) is 0 Å². The van der Waals surface area contributed by atoms with Gasteiger partial charge in [-0.05, 0) is 22.7 Å². The average molecular weight is 184 g/mol. The van der Waals surface area contributed by atoms with E-state index in [2.05, 4.69) is 55.4 Å². The molecule has 0 spiro atoms. The lowest BCUT2D eigenvalue weighted by Gasteiger charge is -2.47. The van der Waals surface area contributed by atoms with Gasteiger partial charge in [0.2, 0.25) is 0 Å². The Balaban J connectivity index is 4.74. The van der Waals surface area contributed by atoms with Gasteiger partial charge < -0.3 is 0 Å². The molecule has 0 saturated heterocycles. The van der Waals surface area contributed by atoms with E-state index in [1.807, 2.05) is 0 Å². The second-order valence-electron chi connectivity index (χ2n) is 5.99. The summed E-state index contributed by atoms with van der Waals surface area (Å²) in [6, 6.07) is 0. The molecule has 0 fully saturated rings. The summed E-state index contributed by atoms with van der Waals surface area (Å²) in [4.78, 5) is 0. The molecule has 0 aliphatic heterocycles. The highest BCUT2D eigenvalue weighted by molar-refractivity contribution is 4.89. The van der Waals surface area contributed by atoms with Crippen LogP contribution in [0.1, 0.15) is 61.8 Å². The van der Waals surface area contributed by atoms with Gasteiger partial charge in [-0.3, -0.25) is 0 Å². The van der Waals surface area contributed by atoms with Crippen LogP contribution in [0.5, 0.6) is 0 Å². The summed E-state index contributed by atoms with van der Waals surface area (Å²) in [5, 5.41) is 0. The number of hydrogen-bond donors (Lipinski definition) is 0. The van der Waals surface area contributed by atoms with Crippen molar-refractivity contribution in [3.05, 3.63) is 0 Å². The standard InChI is InChI=1S/C13H28/c1-9-12(5,6)13(7,8)11(4)10(2)3/h10-11H,9H2,1-8H3. The fraction of sp³-hybridized carbons (Fsp3) is 1.00. The molecule has 0 aliphatic carbocycles. The van der Waals surface area contributed by atoms with Crippen molar-refractivity contribution in [2.24, 2.45) is 22.7 Å². The lowest BCUT2D eigenvalue weighted by molar-refractivity contribution is 0.0213. The first-order valence-electron chi connectivity index (χ1n) is 5.66. The van der Waals surface area contributed by atoms with E-state index in [1.54, 1.807) is 0 Å².